The van der Waals surface area contributed by atoms with Crippen molar-refractivity contribution >= 4 is 23.1 Å². The van der Waals surface area contributed by atoms with Gasteiger partial charge >= 0.3 is 0 Å². The van der Waals surface area contributed by atoms with Crippen molar-refractivity contribution in [1.82, 2.24) is 4.90 Å². The van der Waals surface area contributed by atoms with Gasteiger partial charge in [-0.2, -0.15) is 11.8 Å². The normalized spacial score (nSPS) is 15.0. The molecular formula is C14H26N2S2. The quantitative estimate of drug-likeness (QED) is 0.794. The lowest BCUT2D eigenvalue weighted by atomic mass is 10.1. The molecule has 1 aromatic rings. The van der Waals surface area contributed by atoms with Crippen LogP contribution in [0.15, 0.2) is 12.1 Å². The van der Waals surface area contributed by atoms with E-state index in [2.05, 4.69) is 44.2 Å². The molecule has 0 radical (unpaired) electrons. The molecule has 1 rings (SSSR count). The average Bonchev–Trinajstić information content (AvgIpc) is 2.85. The summed E-state index contributed by atoms with van der Waals surface area (Å²) in [7, 11) is 2.22. The molecule has 0 aliphatic carbocycles. The van der Waals surface area contributed by atoms with Crippen molar-refractivity contribution in [3.05, 3.63) is 21.9 Å². The average molecular weight is 287 g/mol. The topological polar surface area (TPSA) is 29.3 Å². The summed E-state index contributed by atoms with van der Waals surface area (Å²) < 4.78 is 0. The van der Waals surface area contributed by atoms with Gasteiger partial charge in [-0.15, -0.1) is 11.3 Å². The first-order valence-corrected chi connectivity index (χ1v) is 8.88. The molecule has 1 aromatic heterocycles. The van der Waals surface area contributed by atoms with Gasteiger partial charge in [0.15, 0.2) is 0 Å². The molecule has 0 aliphatic rings. The van der Waals surface area contributed by atoms with Crippen LogP contribution in [0, 0.1) is 0 Å². The van der Waals surface area contributed by atoms with Crippen LogP contribution >= 0.6 is 23.1 Å². The van der Waals surface area contributed by atoms with E-state index >= 15 is 0 Å². The summed E-state index contributed by atoms with van der Waals surface area (Å²) in [5.74, 6) is 1.18. The molecule has 0 saturated carbocycles. The van der Waals surface area contributed by atoms with Gasteiger partial charge in [-0.3, -0.25) is 4.90 Å². The molecule has 18 heavy (non-hydrogen) atoms. The van der Waals surface area contributed by atoms with E-state index in [0.29, 0.717) is 18.6 Å². The Hall–Kier alpha value is -0.0300. The minimum atomic E-state index is 0.368. The number of nitrogens with zero attached hydrogens (tertiary/aromatic N) is 1. The number of hydrogen-bond acceptors (Lipinski definition) is 4. The van der Waals surface area contributed by atoms with E-state index in [1.165, 1.54) is 21.9 Å². The van der Waals surface area contributed by atoms with Crippen molar-refractivity contribution in [2.75, 3.05) is 25.6 Å². The highest BCUT2D eigenvalue weighted by Crippen LogP contribution is 2.29. The van der Waals surface area contributed by atoms with E-state index in [1.54, 1.807) is 0 Å². The van der Waals surface area contributed by atoms with Crippen molar-refractivity contribution in [2.24, 2.45) is 5.73 Å². The third-order valence-electron chi connectivity index (χ3n) is 3.48. The van der Waals surface area contributed by atoms with E-state index in [1.807, 2.05) is 23.1 Å². The molecule has 2 atom stereocenters. The van der Waals surface area contributed by atoms with Crippen LogP contribution in [0.4, 0.5) is 0 Å². The number of hydrogen-bond donors (Lipinski definition) is 1. The second-order valence-corrected chi connectivity index (χ2v) is 6.70. The number of thiophene rings is 1. The van der Waals surface area contributed by atoms with Gasteiger partial charge in [0.25, 0.3) is 0 Å². The fourth-order valence-electron chi connectivity index (χ4n) is 2.22. The Bertz CT molecular complexity index is 338. The first kappa shape index (κ1) is 16.0. The van der Waals surface area contributed by atoms with E-state index in [-0.39, 0.29) is 0 Å². The van der Waals surface area contributed by atoms with Crippen LogP contribution in [-0.2, 0) is 6.42 Å². The van der Waals surface area contributed by atoms with Crippen LogP contribution in [0.3, 0.4) is 0 Å². The molecular weight excluding hydrogens is 260 g/mol. The third kappa shape index (κ3) is 3.98. The largest absolute Gasteiger partial charge is 0.329 e. The Kier molecular flexibility index (Phi) is 7.30. The van der Waals surface area contributed by atoms with Crippen molar-refractivity contribution in [1.29, 1.82) is 0 Å². The van der Waals surface area contributed by atoms with Crippen molar-refractivity contribution < 1.29 is 0 Å². The summed E-state index contributed by atoms with van der Waals surface area (Å²) >= 11 is 3.83. The molecule has 0 saturated heterocycles. The zero-order chi connectivity index (χ0) is 13.5. The first-order chi connectivity index (χ1) is 8.67. The molecule has 0 aliphatic heterocycles. The molecule has 0 spiro atoms. The fourth-order valence-corrected chi connectivity index (χ4v) is 4.19. The van der Waals surface area contributed by atoms with Crippen LogP contribution in [0.2, 0.25) is 0 Å². The predicted octanol–water partition coefficient (Wildman–Crippen LogP) is 3.38. The predicted molar refractivity (Wildman–Crippen MR) is 85.7 cm³/mol. The van der Waals surface area contributed by atoms with Gasteiger partial charge < -0.3 is 5.73 Å². The summed E-state index contributed by atoms with van der Waals surface area (Å²) in [6, 6.07) is 5.48. The zero-order valence-electron chi connectivity index (χ0n) is 12.0. The minimum absolute atomic E-state index is 0.368. The van der Waals surface area contributed by atoms with Crippen LogP contribution in [-0.4, -0.2) is 36.5 Å². The monoisotopic (exact) mass is 286 g/mol. The molecule has 104 valence electrons. The van der Waals surface area contributed by atoms with E-state index in [0.717, 1.165) is 6.42 Å². The molecule has 0 fully saturated rings. The van der Waals surface area contributed by atoms with Gasteiger partial charge in [-0.05, 0) is 38.3 Å². The first-order valence-electron chi connectivity index (χ1n) is 6.67. The van der Waals surface area contributed by atoms with Crippen LogP contribution < -0.4 is 5.73 Å². The fraction of sp³-hybridized carbons (Fsp3) is 0.714. The maximum Gasteiger partial charge on any atom is 0.0564 e. The Labute approximate surface area is 120 Å². The number of nitrogens with two attached hydrogens (primary N) is 1. The van der Waals surface area contributed by atoms with Crippen molar-refractivity contribution in [3.63, 3.8) is 0 Å². The minimum Gasteiger partial charge on any atom is -0.329 e. The summed E-state index contributed by atoms with van der Waals surface area (Å²) in [5.41, 5.74) is 6.00. The third-order valence-corrected chi connectivity index (χ3v) is 5.53. The van der Waals surface area contributed by atoms with Crippen molar-refractivity contribution in [3.8, 4) is 0 Å². The highest BCUT2D eigenvalue weighted by atomic mass is 32.2. The molecule has 0 aromatic carbocycles. The van der Waals surface area contributed by atoms with Crippen molar-refractivity contribution in [2.45, 2.75) is 38.8 Å². The van der Waals surface area contributed by atoms with Gasteiger partial charge in [-0.1, -0.05) is 13.8 Å². The second-order valence-electron chi connectivity index (χ2n) is 4.59. The summed E-state index contributed by atoms with van der Waals surface area (Å²) in [6.45, 7) is 5.17. The van der Waals surface area contributed by atoms with E-state index in [9.17, 15) is 0 Å². The van der Waals surface area contributed by atoms with E-state index in [4.69, 9.17) is 5.73 Å². The smallest absolute Gasteiger partial charge is 0.0564 e. The van der Waals surface area contributed by atoms with E-state index < -0.39 is 0 Å². The molecule has 1 heterocycles. The van der Waals surface area contributed by atoms with Gasteiger partial charge in [-0.25, -0.2) is 0 Å². The molecule has 0 bridgehead atoms. The lowest BCUT2D eigenvalue weighted by molar-refractivity contribution is 0.190. The number of thioether (sulfide) groups is 1. The standard InChI is InChI=1S/C14H26N2S2/c1-5-11(10-17-4)16(3)13(9-15)14-8-7-12(6-2)18-14/h7-8,11,13H,5-6,9-10,15H2,1-4H3. The lowest BCUT2D eigenvalue weighted by Gasteiger charge is -2.33. The summed E-state index contributed by atoms with van der Waals surface area (Å²) in [6.07, 6.45) is 4.47. The maximum atomic E-state index is 6.00. The Morgan fingerprint density at radius 2 is 2.11 bits per heavy atom. The number of likely N-dealkylation sites (N-methyl/N-ethyl adjacent to an activating group) is 1. The number of aryl methyl sites for hydroxylation is 1. The second kappa shape index (κ2) is 8.20. The van der Waals surface area contributed by atoms with Gasteiger partial charge in [0, 0.05) is 28.1 Å². The molecule has 2 unspecified atom stereocenters. The highest BCUT2D eigenvalue weighted by molar-refractivity contribution is 7.98. The molecule has 0 amide bonds. The zero-order valence-corrected chi connectivity index (χ0v) is 13.6. The molecule has 4 heteroatoms. The van der Waals surface area contributed by atoms with Crippen LogP contribution in [0.25, 0.3) is 0 Å². The molecule has 2 nitrogen and oxygen atoms in total. The summed E-state index contributed by atoms with van der Waals surface area (Å²) in [5, 5.41) is 0. The SMILES string of the molecule is CCc1ccc(C(CN)N(C)C(CC)CSC)s1. The Morgan fingerprint density at radius 3 is 2.56 bits per heavy atom. The Morgan fingerprint density at radius 1 is 1.39 bits per heavy atom. The molecule has 2 N–H and O–H groups in total. The van der Waals surface area contributed by atoms with Gasteiger partial charge in [0.05, 0.1) is 6.04 Å². The van der Waals surface area contributed by atoms with Crippen LogP contribution in [0.1, 0.15) is 36.1 Å². The van der Waals surface area contributed by atoms with Gasteiger partial charge in [0.2, 0.25) is 0 Å². The Balaban J connectivity index is 2.80. The highest BCUT2D eigenvalue weighted by Gasteiger charge is 2.23. The summed E-state index contributed by atoms with van der Waals surface area (Å²) in [4.78, 5) is 5.33. The van der Waals surface area contributed by atoms with Crippen LogP contribution in [0.5, 0.6) is 0 Å². The maximum absolute atomic E-state index is 6.00. The number of rotatable bonds is 8. The lowest BCUT2D eigenvalue weighted by Crippen LogP contribution is -2.39. The van der Waals surface area contributed by atoms with Gasteiger partial charge in [0.1, 0.15) is 0 Å².